The third kappa shape index (κ3) is 5.87. The average molecular weight is 522 g/mol. The molecule has 1 atom stereocenters. The maximum Gasteiger partial charge on any atom is 0.417 e. The molecule has 0 bridgehead atoms. The number of piperidine rings is 1. The summed E-state index contributed by atoms with van der Waals surface area (Å²) in [4.78, 5) is 17.6. The molecule has 0 spiro atoms. The quantitative estimate of drug-likeness (QED) is 0.395. The number of hydrogen-bond donors (Lipinski definition) is 1. The molecule has 1 fully saturated rings. The van der Waals surface area contributed by atoms with Crippen LogP contribution in [-0.4, -0.2) is 40.7 Å². The number of nitrogens with zero attached hydrogens (tertiary/aromatic N) is 3. The Hall–Kier alpha value is -4.16. The van der Waals surface area contributed by atoms with Gasteiger partial charge in [-0.05, 0) is 54.8 Å². The highest BCUT2D eigenvalue weighted by atomic mass is 19.4. The molecule has 38 heavy (non-hydrogen) atoms. The maximum absolute atomic E-state index is 14.2. The minimum Gasteiger partial charge on any atom is -0.496 e. The summed E-state index contributed by atoms with van der Waals surface area (Å²) in [5, 5.41) is 19.4. The van der Waals surface area contributed by atoms with E-state index in [9.17, 15) is 28.3 Å². The van der Waals surface area contributed by atoms with Crippen molar-refractivity contribution in [2.24, 2.45) is 0 Å². The van der Waals surface area contributed by atoms with E-state index >= 15 is 0 Å². The summed E-state index contributed by atoms with van der Waals surface area (Å²) in [5.41, 5.74) is 1.13. The predicted octanol–water partition coefficient (Wildman–Crippen LogP) is 6.26. The molecule has 1 aromatic heterocycles. The molecule has 0 amide bonds. The van der Waals surface area contributed by atoms with Gasteiger partial charge in [-0.2, -0.15) is 18.4 Å². The summed E-state index contributed by atoms with van der Waals surface area (Å²) in [7, 11) is 1.36. The van der Waals surface area contributed by atoms with Crippen LogP contribution in [0.2, 0.25) is 0 Å². The predicted molar refractivity (Wildman–Crippen MR) is 137 cm³/mol. The number of likely N-dealkylation sites (tertiary alicyclic amines) is 1. The van der Waals surface area contributed by atoms with Crippen LogP contribution in [0.25, 0.3) is 23.3 Å². The van der Waals surface area contributed by atoms with Crippen LogP contribution in [0, 0.1) is 11.3 Å². The van der Waals surface area contributed by atoms with E-state index in [1.54, 1.807) is 11.0 Å². The van der Waals surface area contributed by atoms with Crippen LogP contribution in [0.3, 0.4) is 0 Å². The molecule has 1 aliphatic rings. The standard InChI is InChI=1S/C29H26F3N3O3/c1-38-27-16-20(10-11-25-23(17-33)22(12-13-34-25)19-7-3-2-4-8-19)24(29(30,31)32)15-21(27)18-35-14-6-5-9-26(35)28(36)37/h2-4,7-8,10-13,15-16,26H,5-6,9,14,18H2,1H3,(H,36,37)/b11-10+/t26-/m0/s1. The molecule has 0 saturated carbocycles. The normalized spacial score (nSPS) is 16.3. The first-order valence-electron chi connectivity index (χ1n) is 12.1. The minimum atomic E-state index is -4.67. The number of pyridine rings is 1. The summed E-state index contributed by atoms with van der Waals surface area (Å²) in [5.74, 6) is -0.767. The highest BCUT2D eigenvalue weighted by molar-refractivity contribution is 5.79. The van der Waals surface area contributed by atoms with Gasteiger partial charge in [0.25, 0.3) is 0 Å². The number of nitriles is 1. The van der Waals surface area contributed by atoms with Gasteiger partial charge in [-0.3, -0.25) is 14.7 Å². The highest BCUT2D eigenvalue weighted by Gasteiger charge is 2.35. The highest BCUT2D eigenvalue weighted by Crippen LogP contribution is 2.38. The van der Waals surface area contributed by atoms with Crippen molar-refractivity contribution in [3.63, 3.8) is 0 Å². The van der Waals surface area contributed by atoms with Crippen LogP contribution in [-0.2, 0) is 17.5 Å². The van der Waals surface area contributed by atoms with Gasteiger partial charge in [0.05, 0.1) is 23.9 Å². The SMILES string of the molecule is COc1cc(/C=C/c2nccc(-c3ccccc3)c2C#N)c(C(F)(F)F)cc1CN1CCCC[C@H]1C(=O)O. The largest absolute Gasteiger partial charge is 0.496 e. The Morgan fingerprint density at radius 1 is 1.21 bits per heavy atom. The van der Waals surface area contributed by atoms with Crippen molar-refractivity contribution in [1.29, 1.82) is 5.26 Å². The summed E-state index contributed by atoms with van der Waals surface area (Å²) in [6.45, 7) is 0.496. The number of hydrogen-bond acceptors (Lipinski definition) is 5. The first-order chi connectivity index (χ1) is 18.2. The van der Waals surface area contributed by atoms with Gasteiger partial charge in [-0.25, -0.2) is 0 Å². The van der Waals surface area contributed by atoms with E-state index in [-0.39, 0.29) is 34.7 Å². The number of ether oxygens (including phenoxy) is 1. The molecule has 0 unspecified atom stereocenters. The van der Waals surface area contributed by atoms with Crippen LogP contribution in [0.15, 0.2) is 54.7 Å². The fourth-order valence-corrected chi connectivity index (χ4v) is 4.76. The minimum absolute atomic E-state index is 0.0203. The zero-order valence-electron chi connectivity index (χ0n) is 20.7. The number of aromatic nitrogens is 1. The summed E-state index contributed by atoms with van der Waals surface area (Å²) >= 11 is 0. The lowest BCUT2D eigenvalue weighted by molar-refractivity contribution is -0.145. The number of rotatable bonds is 7. The molecule has 0 radical (unpaired) electrons. The van der Waals surface area contributed by atoms with E-state index in [1.807, 2.05) is 30.3 Å². The van der Waals surface area contributed by atoms with Crippen LogP contribution in [0.4, 0.5) is 13.2 Å². The topological polar surface area (TPSA) is 86.5 Å². The van der Waals surface area contributed by atoms with Gasteiger partial charge in [-0.15, -0.1) is 0 Å². The van der Waals surface area contributed by atoms with Crippen LogP contribution >= 0.6 is 0 Å². The lowest BCUT2D eigenvalue weighted by Gasteiger charge is -2.33. The van der Waals surface area contributed by atoms with E-state index < -0.39 is 23.8 Å². The van der Waals surface area contributed by atoms with Crippen LogP contribution < -0.4 is 4.74 Å². The number of carboxylic acids is 1. The number of halogens is 3. The Morgan fingerprint density at radius 2 is 1.97 bits per heavy atom. The molecule has 1 aliphatic heterocycles. The van der Waals surface area contributed by atoms with E-state index in [4.69, 9.17) is 4.74 Å². The van der Waals surface area contributed by atoms with Gasteiger partial charge in [0.1, 0.15) is 17.9 Å². The lowest BCUT2D eigenvalue weighted by atomic mass is 9.97. The second kappa shape index (κ2) is 11.5. The molecular weight excluding hydrogens is 495 g/mol. The smallest absolute Gasteiger partial charge is 0.417 e. The first kappa shape index (κ1) is 26.9. The fraction of sp³-hybridized carbons (Fsp3) is 0.276. The number of alkyl halides is 3. The van der Waals surface area contributed by atoms with E-state index in [0.717, 1.165) is 24.5 Å². The second-order valence-corrected chi connectivity index (χ2v) is 9.00. The van der Waals surface area contributed by atoms with Gasteiger partial charge in [0.2, 0.25) is 0 Å². The molecule has 1 N–H and O–H groups in total. The molecular formula is C29H26F3N3O3. The van der Waals surface area contributed by atoms with Crippen molar-refractivity contribution in [3.05, 3.63) is 82.7 Å². The molecule has 4 rings (SSSR count). The molecule has 196 valence electrons. The van der Waals surface area contributed by atoms with E-state index in [1.165, 1.54) is 31.5 Å². The number of aliphatic carboxylic acids is 1. The molecule has 1 saturated heterocycles. The Bertz CT molecular complexity index is 1380. The summed E-state index contributed by atoms with van der Waals surface area (Å²) in [6.07, 6.45) is 1.47. The number of methoxy groups -OCH3 is 1. The van der Waals surface area contributed by atoms with Crippen LogP contribution in [0.1, 0.15) is 47.2 Å². The second-order valence-electron chi connectivity index (χ2n) is 9.00. The summed E-state index contributed by atoms with van der Waals surface area (Å²) in [6, 6.07) is 14.6. The maximum atomic E-state index is 14.2. The van der Waals surface area contributed by atoms with E-state index in [0.29, 0.717) is 18.5 Å². The molecule has 0 aliphatic carbocycles. The van der Waals surface area contributed by atoms with Crippen molar-refractivity contribution < 1.29 is 27.8 Å². The van der Waals surface area contributed by atoms with Gasteiger partial charge in [0, 0.05) is 23.9 Å². The van der Waals surface area contributed by atoms with Crippen molar-refractivity contribution in [3.8, 4) is 22.9 Å². The van der Waals surface area contributed by atoms with Gasteiger partial charge < -0.3 is 9.84 Å². The van der Waals surface area contributed by atoms with Gasteiger partial charge in [-0.1, -0.05) is 42.8 Å². The van der Waals surface area contributed by atoms with Gasteiger partial charge in [0.15, 0.2) is 0 Å². The Morgan fingerprint density at radius 3 is 2.63 bits per heavy atom. The van der Waals surface area contributed by atoms with Crippen molar-refractivity contribution in [1.82, 2.24) is 9.88 Å². The van der Waals surface area contributed by atoms with Crippen molar-refractivity contribution in [2.75, 3.05) is 13.7 Å². The van der Waals surface area contributed by atoms with Gasteiger partial charge >= 0.3 is 12.1 Å². The lowest BCUT2D eigenvalue weighted by Crippen LogP contribution is -2.44. The molecule has 6 nitrogen and oxygen atoms in total. The van der Waals surface area contributed by atoms with Crippen molar-refractivity contribution in [2.45, 2.75) is 38.0 Å². The molecule has 9 heteroatoms. The molecule has 3 aromatic rings. The molecule has 2 aromatic carbocycles. The number of benzene rings is 2. The molecule has 2 heterocycles. The van der Waals surface area contributed by atoms with Crippen molar-refractivity contribution >= 4 is 18.1 Å². The zero-order valence-corrected chi connectivity index (χ0v) is 20.7. The summed E-state index contributed by atoms with van der Waals surface area (Å²) < 4.78 is 47.9. The number of carboxylic acid groups (broad SMARTS) is 1. The van der Waals surface area contributed by atoms with Crippen LogP contribution in [0.5, 0.6) is 5.75 Å². The Balaban J connectivity index is 1.74. The third-order valence-electron chi connectivity index (χ3n) is 6.63. The average Bonchev–Trinajstić information content (AvgIpc) is 2.91. The monoisotopic (exact) mass is 521 g/mol. The zero-order chi connectivity index (χ0) is 27.3. The first-order valence-corrected chi connectivity index (χ1v) is 12.1. The van der Waals surface area contributed by atoms with E-state index in [2.05, 4.69) is 11.1 Å². The number of carbonyl (C=O) groups is 1. The Labute approximate surface area is 218 Å². The fourth-order valence-electron chi connectivity index (χ4n) is 4.76. The third-order valence-corrected chi connectivity index (χ3v) is 6.63. The Kier molecular flexibility index (Phi) is 8.13.